The Hall–Kier alpha value is -1.67. The van der Waals surface area contributed by atoms with E-state index in [1.54, 1.807) is 0 Å². The first-order valence-corrected chi connectivity index (χ1v) is 2.56. The van der Waals surface area contributed by atoms with Gasteiger partial charge in [-0.1, -0.05) is 6.58 Å². The van der Waals surface area contributed by atoms with Gasteiger partial charge in [0.15, 0.2) is 5.82 Å². The van der Waals surface area contributed by atoms with Crippen molar-refractivity contribution in [3.8, 4) is 0 Å². The van der Waals surface area contributed by atoms with Crippen molar-refractivity contribution in [3.05, 3.63) is 12.4 Å². The molecular formula is C3H10N8. The van der Waals surface area contributed by atoms with E-state index in [2.05, 4.69) is 32.8 Å². The molecule has 0 atom stereocenters. The van der Waals surface area contributed by atoms with Crippen molar-refractivity contribution in [2.45, 2.75) is 0 Å². The van der Waals surface area contributed by atoms with Gasteiger partial charge in [-0.15, -0.1) is 15.3 Å². The zero-order valence-electron chi connectivity index (χ0n) is 5.78. The molecule has 0 saturated heterocycles. The Morgan fingerprint density at radius 3 is 2.18 bits per heavy atom. The van der Waals surface area contributed by atoms with Gasteiger partial charge in [-0.3, -0.25) is 5.43 Å². The molecule has 0 amide bonds. The van der Waals surface area contributed by atoms with Crippen LogP contribution in [-0.2, 0) is 0 Å². The first-order valence-electron chi connectivity index (χ1n) is 2.56. The lowest BCUT2D eigenvalue weighted by Crippen LogP contribution is -2.29. The van der Waals surface area contributed by atoms with E-state index in [0.29, 0.717) is 0 Å². The SMILES string of the molecule is C=C(N=N/C(=N\N)NN)NN. The Morgan fingerprint density at radius 2 is 1.82 bits per heavy atom. The van der Waals surface area contributed by atoms with Crippen molar-refractivity contribution in [1.82, 2.24) is 10.9 Å². The summed E-state index contributed by atoms with van der Waals surface area (Å²) in [6.07, 6.45) is 0. The molecule has 0 heterocycles. The summed E-state index contributed by atoms with van der Waals surface area (Å²) in [7, 11) is 0. The van der Waals surface area contributed by atoms with E-state index in [4.69, 9.17) is 17.5 Å². The van der Waals surface area contributed by atoms with Crippen LogP contribution in [-0.4, -0.2) is 5.96 Å². The maximum atomic E-state index is 4.92. The van der Waals surface area contributed by atoms with Crippen molar-refractivity contribution in [1.29, 1.82) is 0 Å². The van der Waals surface area contributed by atoms with Crippen molar-refractivity contribution in [2.75, 3.05) is 0 Å². The fourth-order valence-electron chi connectivity index (χ4n) is 0.229. The number of nitrogens with two attached hydrogens (primary N) is 3. The predicted molar refractivity (Wildman–Crippen MR) is 40.3 cm³/mol. The van der Waals surface area contributed by atoms with Gasteiger partial charge in [0, 0.05) is 0 Å². The molecule has 0 rings (SSSR count). The third-order valence-electron chi connectivity index (χ3n) is 0.683. The predicted octanol–water partition coefficient (Wildman–Crippen LogP) is -1.93. The molecule has 0 aliphatic rings. The molecule has 0 unspecified atom stereocenters. The van der Waals surface area contributed by atoms with Gasteiger partial charge >= 0.3 is 0 Å². The zero-order chi connectivity index (χ0) is 8.69. The van der Waals surface area contributed by atoms with Gasteiger partial charge in [-0.05, 0) is 0 Å². The molecule has 11 heavy (non-hydrogen) atoms. The average molecular weight is 158 g/mol. The highest BCUT2D eigenvalue weighted by Gasteiger charge is 1.89. The van der Waals surface area contributed by atoms with Crippen molar-refractivity contribution in [3.63, 3.8) is 0 Å². The van der Waals surface area contributed by atoms with E-state index < -0.39 is 0 Å². The molecular weight excluding hydrogens is 148 g/mol. The minimum atomic E-state index is -0.0265. The molecule has 8 nitrogen and oxygen atoms in total. The molecule has 0 aliphatic carbocycles. The molecule has 0 fully saturated rings. The van der Waals surface area contributed by atoms with Crippen molar-refractivity contribution in [2.24, 2.45) is 32.9 Å². The summed E-state index contributed by atoms with van der Waals surface area (Å²) in [5.41, 5.74) is 4.24. The quantitative estimate of drug-likeness (QED) is 0.105. The topological polar surface area (TPSA) is 139 Å². The highest BCUT2D eigenvalue weighted by Crippen LogP contribution is 1.84. The van der Waals surface area contributed by atoms with Crippen molar-refractivity contribution < 1.29 is 0 Å². The number of nitrogens with zero attached hydrogens (tertiary/aromatic N) is 3. The largest absolute Gasteiger partial charge is 0.320 e. The number of hydrogen-bond donors (Lipinski definition) is 5. The van der Waals surface area contributed by atoms with Crippen LogP contribution in [0.15, 0.2) is 27.7 Å². The summed E-state index contributed by atoms with van der Waals surface area (Å²) in [4.78, 5) is 0. The molecule has 0 aromatic carbocycles. The third-order valence-corrected chi connectivity index (χ3v) is 0.683. The smallest absolute Gasteiger partial charge is 0.273 e. The Morgan fingerprint density at radius 1 is 1.18 bits per heavy atom. The van der Waals surface area contributed by atoms with E-state index in [-0.39, 0.29) is 11.8 Å². The second-order valence-corrected chi connectivity index (χ2v) is 1.39. The Bertz CT molecular complexity index is 180. The van der Waals surface area contributed by atoms with Gasteiger partial charge in [0.05, 0.1) is 0 Å². The number of azo groups is 1. The molecule has 8 heteroatoms. The molecule has 0 bridgehead atoms. The van der Waals surface area contributed by atoms with Crippen LogP contribution in [0.1, 0.15) is 0 Å². The minimum absolute atomic E-state index is 0.0265. The fourth-order valence-corrected chi connectivity index (χ4v) is 0.229. The monoisotopic (exact) mass is 158 g/mol. The van der Waals surface area contributed by atoms with Gasteiger partial charge in [-0.2, -0.15) is 0 Å². The maximum absolute atomic E-state index is 4.92. The number of nitrogens with one attached hydrogen (secondary N) is 2. The van der Waals surface area contributed by atoms with Gasteiger partial charge in [-0.25, -0.2) is 11.7 Å². The molecule has 0 radical (unpaired) electrons. The summed E-state index contributed by atoms with van der Waals surface area (Å²) < 4.78 is 0. The van der Waals surface area contributed by atoms with Crippen molar-refractivity contribution >= 4 is 5.96 Å². The third kappa shape index (κ3) is 3.83. The highest BCUT2D eigenvalue weighted by atomic mass is 15.4. The number of hydrazone groups is 1. The zero-order valence-corrected chi connectivity index (χ0v) is 5.78. The fraction of sp³-hybridized carbons (Fsp3) is 0. The number of hydrazine groups is 2. The Balaban J connectivity index is 4.00. The minimum Gasteiger partial charge on any atom is -0.320 e. The van der Waals surface area contributed by atoms with Gasteiger partial charge in [0.25, 0.3) is 5.96 Å². The summed E-state index contributed by atoms with van der Waals surface area (Å²) in [5.74, 6) is 14.8. The first kappa shape index (κ1) is 9.33. The van der Waals surface area contributed by atoms with Crippen LogP contribution >= 0.6 is 0 Å². The average Bonchev–Trinajstić information content (AvgIpc) is 2.06. The second kappa shape index (κ2) is 5.14. The Labute approximate surface area is 63.2 Å². The molecule has 62 valence electrons. The van der Waals surface area contributed by atoms with E-state index in [9.17, 15) is 0 Å². The molecule has 8 N–H and O–H groups in total. The molecule has 0 spiro atoms. The number of hydrogen-bond acceptors (Lipinski definition) is 6. The standard InChI is InChI=1S/C3H10N8/c1-2(7-4)10-11-3(8-5)9-6/h7H,1,4-6H2,(H,8,9). The summed E-state index contributed by atoms with van der Waals surface area (Å²) in [6, 6.07) is 0. The van der Waals surface area contributed by atoms with Gasteiger partial charge < -0.3 is 11.3 Å². The maximum Gasteiger partial charge on any atom is 0.273 e. The lowest BCUT2D eigenvalue weighted by atomic mass is 10.9. The molecule has 0 aliphatic heterocycles. The van der Waals surface area contributed by atoms with Gasteiger partial charge in [0.1, 0.15) is 0 Å². The molecule has 0 aromatic heterocycles. The van der Waals surface area contributed by atoms with E-state index in [1.165, 1.54) is 0 Å². The van der Waals surface area contributed by atoms with E-state index in [0.717, 1.165) is 0 Å². The van der Waals surface area contributed by atoms with Gasteiger partial charge in [0.2, 0.25) is 0 Å². The second-order valence-electron chi connectivity index (χ2n) is 1.39. The van der Waals surface area contributed by atoms with E-state index in [1.807, 2.05) is 0 Å². The lowest BCUT2D eigenvalue weighted by Gasteiger charge is -1.95. The molecule has 0 aromatic rings. The van der Waals surface area contributed by atoms with Crippen LogP contribution in [0.25, 0.3) is 0 Å². The summed E-state index contributed by atoms with van der Waals surface area (Å²) in [5, 5.41) is 9.95. The van der Waals surface area contributed by atoms with Crippen LogP contribution in [0.4, 0.5) is 0 Å². The van der Waals surface area contributed by atoms with Crippen LogP contribution in [0, 0.1) is 0 Å². The van der Waals surface area contributed by atoms with Crippen LogP contribution in [0.5, 0.6) is 0 Å². The van der Waals surface area contributed by atoms with Crippen LogP contribution in [0.2, 0.25) is 0 Å². The molecule has 0 saturated carbocycles. The Kier molecular flexibility index (Phi) is 4.36. The summed E-state index contributed by atoms with van der Waals surface area (Å²) in [6.45, 7) is 3.35. The van der Waals surface area contributed by atoms with E-state index >= 15 is 0 Å². The number of rotatable bonds is 2. The first-order chi connectivity index (χ1) is 5.24. The van der Waals surface area contributed by atoms with Crippen LogP contribution < -0.4 is 28.4 Å². The lowest BCUT2D eigenvalue weighted by molar-refractivity contribution is 0.843. The van der Waals surface area contributed by atoms with Crippen LogP contribution in [0.3, 0.4) is 0 Å². The highest BCUT2D eigenvalue weighted by molar-refractivity contribution is 5.79. The normalized spacial score (nSPS) is 11.6. The number of guanidine groups is 1. The summed E-state index contributed by atoms with van der Waals surface area (Å²) >= 11 is 0.